The maximum atomic E-state index is 15.1. The molecule has 2 aliphatic heterocycles. The standard InChI is InChI=1S/C24H22FN3O2/c1-14-15(2)23(29)21(24-22(14)27-18-5-3-4-6-20(18)30-24)16-7-8-19(17(25)13-16)28-11-9-26-10-12-28/h3-8,13,26H,9-12H2,1-2H3. The van der Waals surface area contributed by atoms with Crippen LogP contribution in [-0.2, 0) is 0 Å². The molecule has 1 aliphatic carbocycles. The second-order valence-corrected chi connectivity index (χ2v) is 7.72. The Balaban J connectivity index is 1.73. The highest BCUT2D eigenvalue weighted by Crippen LogP contribution is 2.37. The molecule has 0 aromatic heterocycles. The highest BCUT2D eigenvalue weighted by atomic mass is 19.1. The SMILES string of the molecule is Cc1c2nc3ccccc3oc-2c(-c2ccc(N3CCNCC3)c(F)c2)c(=O)c1C. The molecule has 2 aromatic carbocycles. The van der Waals surface area contributed by atoms with Gasteiger partial charge in [-0.3, -0.25) is 4.79 Å². The van der Waals surface area contributed by atoms with E-state index in [0.29, 0.717) is 39.4 Å². The molecule has 2 aromatic rings. The molecule has 5 nitrogen and oxygen atoms in total. The fourth-order valence-corrected chi connectivity index (χ4v) is 4.11. The number of anilines is 1. The number of aromatic nitrogens is 1. The van der Waals surface area contributed by atoms with Gasteiger partial charge in [-0.25, -0.2) is 9.37 Å². The van der Waals surface area contributed by atoms with E-state index in [9.17, 15) is 4.79 Å². The molecule has 6 heteroatoms. The Morgan fingerprint density at radius 1 is 1.07 bits per heavy atom. The van der Waals surface area contributed by atoms with Gasteiger partial charge in [0.25, 0.3) is 0 Å². The third kappa shape index (κ3) is 2.95. The lowest BCUT2D eigenvalue weighted by molar-refractivity contribution is 0.566. The second kappa shape index (κ2) is 7.22. The van der Waals surface area contributed by atoms with E-state index in [1.807, 2.05) is 36.1 Å². The largest absolute Gasteiger partial charge is 0.452 e. The van der Waals surface area contributed by atoms with Crippen molar-refractivity contribution in [1.82, 2.24) is 10.3 Å². The molecule has 5 rings (SSSR count). The summed E-state index contributed by atoms with van der Waals surface area (Å²) in [4.78, 5) is 20.0. The highest BCUT2D eigenvalue weighted by Gasteiger charge is 2.25. The molecule has 152 valence electrons. The van der Waals surface area contributed by atoms with Gasteiger partial charge in [0, 0.05) is 31.7 Å². The summed E-state index contributed by atoms with van der Waals surface area (Å²) < 4.78 is 21.2. The minimum atomic E-state index is -0.339. The third-order valence-corrected chi connectivity index (χ3v) is 5.93. The van der Waals surface area contributed by atoms with Crippen molar-refractivity contribution in [1.29, 1.82) is 0 Å². The quantitative estimate of drug-likeness (QED) is 0.510. The van der Waals surface area contributed by atoms with E-state index in [4.69, 9.17) is 9.40 Å². The number of hydrogen-bond acceptors (Lipinski definition) is 5. The Labute approximate surface area is 173 Å². The van der Waals surface area contributed by atoms with Crippen LogP contribution < -0.4 is 15.6 Å². The number of rotatable bonds is 2. The van der Waals surface area contributed by atoms with Gasteiger partial charge in [-0.1, -0.05) is 18.2 Å². The first-order valence-electron chi connectivity index (χ1n) is 10.1. The van der Waals surface area contributed by atoms with Crippen LogP contribution in [0.25, 0.3) is 33.7 Å². The molecule has 0 saturated carbocycles. The van der Waals surface area contributed by atoms with E-state index in [2.05, 4.69) is 5.32 Å². The van der Waals surface area contributed by atoms with Crippen molar-refractivity contribution >= 4 is 16.8 Å². The van der Waals surface area contributed by atoms with E-state index in [0.717, 1.165) is 37.3 Å². The van der Waals surface area contributed by atoms with Crippen molar-refractivity contribution in [3.63, 3.8) is 0 Å². The predicted octanol–water partition coefficient (Wildman–Crippen LogP) is 4.13. The van der Waals surface area contributed by atoms with E-state index in [1.165, 1.54) is 6.07 Å². The number of fused-ring (bicyclic) bond motifs is 2. The maximum absolute atomic E-state index is 15.1. The van der Waals surface area contributed by atoms with Gasteiger partial charge in [-0.15, -0.1) is 0 Å². The van der Waals surface area contributed by atoms with E-state index in [1.54, 1.807) is 19.1 Å². The molecule has 0 radical (unpaired) electrons. The lowest BCUT2D eigenvalue weighted by Crippen LogP contribution is -2.43. The van der Waals surface area contributed by atoms with Crippen LogP contribution >= 0.6 is 0 Å². The Morgan fingerprint density at radius 3 is 2.60 bits per heavy atom. The van der Waals surface area contributed by atoms with Crippen molar-refractivity contribution in [2.45, 2.75) is 13.8 Å². The highest BCUT2D eigenvalue weighted by molar-refractivity contribution is 5.86. The lowest BCUT2D eigenvalue weighted by Gasteiger charge is -2.29. The molecule has 0 atom stereocenters. The first-order chi connectivity index (χ1) is 14.5. The number of nitrogens with one attached hydrogen (secondary N) is 1. The summed E-state index contributed by atoms with van der Waals surface area (Å²) in [6.45, 7) is 6.80. The van der Waals surface area contributed by atoms with Crippen molar-refractivity contribution < 1.29 is 8.81 Å². The first-order valence-corrected chi connectivity index (χ1v) is 10.1. The van der Waals surface area contributed by atoms with Gasteiger partial charge in [-0.2, -0.15) is 0 Å². The van der Waals surface area contributed by atoms with Gasteiger partial charge in [0.2, 0.25) is 0 Å². The minimum Gasteiger partial charge on any atom is -0.452 e. The van der Waals surface area contributed by atoms with E-state index >= 15 is 4.39 Å². The molecule has 0 bridgehead atoms. The van der Waals surface area contributed by atoms with Crippen LogP contribution in [0.5, 0.6) is 0 Å². The van der Waals surface area contributed by atoms with Gasteiger partial charge in [0.05, 0.1) is 11.3 Å². The number of nitrogens with zero attached hydrogens (tertiary/aromatic N) is 2. The monoisotopic (exact) mass is 403 g/mol. The molecular weight excluding hydrogens is 381 g/mol. The Kier molecular flexibility index (Phi) is 4.51. The van der Waals surface area contributed by atoms with Crippen molar-refractivity contribution in [3.05, 3.63) is 69.6 Å². The predicted molar refractivity (Wildman–Crippen MR) is 117 cm³/mol. The van der Waals surface area contributed by atoms with Gasteiger partial charge in [0.15, 0.2) is 16.8 Å². The zero-order valence-corrected chi connectivity index (χ0v) is 17.0. The molecule has 1 saturated heterocycles. The molecule has 0 amide bonds. The van der Waals surface area contributed by atoms with Crippen LogP contribution in [0.3, 0.4) is 0 Å². The summed E-state index contributed by atoms with van der Waals surface area (Å²) in [6.07, 6.45) is 0. The normalized spacial score (nSPS) is 14.6. The van der Waals surface area contributed by atoms with Crippen LogP contribution in [0.4, 0.5) is 10.1 Å². The summed E-state index contributed by atoms with van der Waals surface area (Å²) in [6, 6.07) is 12.4. The number of para-hydroxylation sites is 2. The average molecular weight is 403 g/mol. The molecule has 0 unspecified atom stereocenters. The summed E-state index contributed by atoms with van der Waals surface area (Å²) in [5.41, 5.74) is 4.59. The number of benzene rings is 3. The summed E-state index contributed by atoms with van der Waals surface area (Å²) in [7, 11) is 0. The summed E-state index contributed by atoms with van der Waals surface area (Å²) >= 11 is 0. The molecule has 0 spiro atoms. The summed E-state index contributed by atoms with van der Waals surface area (Å²) in [5, 5.41) is 3.27. The van der Waals surface area contributed by atoms with Crippen LogP contribution in [0.1, 0.15) is 11.1 Å². The Bertz CT molecular complexity index is 1290. The van der Waals surface area contributed by atoms with Crippen LogP contribution in [0, 0.1) is 19.7 Å². The number of piperazine rings is 1. The van der Waals surface area contributed by atoms with Crippen molar-refractivity contribution in [3.8, 4) is 22.6 Å². The molecule has 1 fully saturated rings. The Hall–Kier alpha value is -3.25. The van der Waals surface area contributed by atoms with Gasteiger partial charge >= 0.3 is 0 Å². The molecule has 3 aliphatic rings. The Morgan fingerprint density at radius 2 is 1.83 bits per heavy atom. The average Bonchev–Trinajstić information content (AvgIpc) is 2.77. The number of halogens is 1. The van der Waals surface area contributed by atoms with Crippen molar-refractivity contribution in [2.24, 2.45) is 0 Å². The topological polar surface area (TPSA) is 58.4 Å². The van der Waals surface area contributed by atoms with Crippen LogP contribution in [-0.4, -0.2) is 31.2 Å². The second-order valence-electron chi connectivity index (χ2n) is 7.72. The van der Waals surface area contributed by atoms with Crippen molar-refractivity contribution in [2.75, 3.05) is 31.1 Å². The van der Waals surface area contributed by atoms with E-state index < -0.39 is 0 Å². The fraction of sp³-hybridized carbons (Fsp3) is 0.250. The van der Waals surface area contributed by atoms with Crippen LogP contribution in [0.2, 0.25) is 0 Å². The molecule has 1 N–H and O–H groups in total. The third-order valence-electron chi connectivity index (χ3n) is 5.93. The minimum absolute atomic E-state index is 0.157. The van der Waals surface area contributed by atoms with Gasteiger partial charge in [-0.05, 0) is 49.2 Å². The first kappa shape index (κ1) is 18.8. The maximum Gasteiger partial charge on any atom is 0.193 e. The molecule has 30 heavy (non-hydrogen) atoms. The zero-order chi connectivity index (χ0) is 20.8. The molecule has 2 heterocycles. The fourth-order valence-electron chi connectivity index (χ4n) is 4.11. The lowest BCUT2D eigenvalue weighted by atomic mass is 9.93. The smallest absolute Gasteiger partial charge is 0.193 e. The number of hydrogen-bond donors (Lipinski definition) is 1. The van der Waals surface area contributed by atoms with Gasteiger partial charge in [0.1, 0.15) is 17.0 Å². The zero-order valence-electron chi connectivity index (χ0n) is 17.0. The van der Waals surface area contributed by atoms with Gasteiger partial charge < -0.3 is 14.6 Å². The summed E-state index contributed by atoms with van der Waals surface area (Å²) in [5.74, 6) is 0.0602. The molecular formula is C24H22FN3O2. The van der Waals surface area contributed by atoms with Crippen LogP contribution in [0.15, 0.2) is 51.7 Å². The van der Waals surface area contributed by atoms with E-state index in [-0.39, 0.29) is 11.2 Å².